The minimum absolute atomic E-state index is 0.0696. The van der Waals surface area contributed by atoms with Gasteiger partial charge in [0.05, 0.1) is 23.9 Å². The normalized spacial score (nSPS) is 25.1. The van der Waals surface area contributed by atoms with Gasteiger partial charge in [0.25, 0.3) is 0 Å². The average molecular weight is 640 g/mol. The summed E-state index contributed by atoms with van der Waals surface area (Å²) in [5.41, 5.74) is 5.57. The number of anilines is 2. The lowest BCUT2D eigenvalue weighted by Gasteiger charge is -2.38. The molecule has 2 N–H and O–H groups in total. The fourth-order valence-corrected chi connectivity index (χ4v) is 9.04. The van der Waals surface area contributed by atoms with Crippen molar-refractivity contribution in [2.45, 2.75) is 102 Å². The number of rotatable bonds is 11. The standard InChI is InChI=1S/C38H53N7O2/c1-4-34(27-11-13-28(14-12-27)36(46)47)44(3)37-41-32-16-15-29(26-9-6-5-7-10-26)21-31(32)35(42-37)40-33(30-22-39-43(2)23-30)24-45-20-8-17-38(25-45)18-19-38/h5-7,9-10,22-23,27-29,33-34H,4,8,11-21,24-25H2,1-3H3,(H,46,47)(H,40,41,42)/t27?,28?,29-,33+,34-/m1/s1. The molecule has 252 valence electrons. The predicted octanol–water partition coefficient (Wildman–Crippen LogP) is 6.62. The summed E-state index contributed by atoms with van der Waals surface area (Å²) in [4.78, 5) is 27.3. The first kappa shape index (κ1) is 32.1. The van der Waals surface area contributed by atoms with Crippen LogP contribution in [0.25, 0.3) is 0 Å². The molecule has 3 atom stereocenters. The summed E-state index contributed by atoms with van der Waals surface area (Å²) in [6.07, 6.45) is 16.9. The number of hydrogen-bond donors (Lipinski definition) is 2. The van der Waals surface area contributed by atoms with Crippen LogP contribution in [-0.4, -0.2) is 68.4 Å². The number of hydrogen-bond acceptors (Lipinski definition) is 7. The van der Waals surface area contributed by atoms with Gasteiger partial charge < -0.3 is 20.2 Å². The van der Waals surface area contributed by atoms with Gasteiger partial charge in [0.15, 0.2) is 0 Å². The number of carboxylic acids is 1. The number of nitrogens with zero attached hydrogens (tertiary/aromatic N) is 6. The number of aliphatic carboxylic acids is 1. The van der Waals surface area contributed by atoms with Gasteiger partial charge in [-0.05, 0) is 106 Å². The molecule has 3 fully saturated rings. The van der Waals surface area contributed by atoms with Gasteiger partial charge in [0.2, 0.25) is 5.95 Å². The third-order valence-electron chi connectivity index (χ3n) is 12.0. The van der Waals surface area contributed by atoms with Crippen LogP contribution in [0.4, 0.5) is 11.8 Å². The maximum absolute atomic E-state index is 11.7. The second kappa shape index (κ2) is 13.6. The van der Waals surface area contributed by atoms with Gasteiger partial charge in [0, 0.05) is 50.6 Å². The van der Waals surface area contributed by atoms with Crippen molar-refractivity contribution in [1.82, 2.24) is 24.6 Å². The highest BCUT2D eigenvalue weighted by Gasteiger charge is 2.45. The number of carbonyl (C=O) groups is 1. The first-order valence-corrected chi connectivity index (χ1v) is 18.2. The van der Waals surface area contributed by atoms with E-state index >= 15 is 0 Å². The molecule has 0 unspecified atom stereocenters. The maximum Gasteiger partial charge on any atom is 0.306 e. The zero-order valence-corrected chi connectivity index (χ0v) is 28.6. The highest BCUT2D eigenvalue weighted by Crippen LogP contribution is 2.52. The molecule has 3 heterocycles. The molecule has 4 aliphatic rings. The van der Waals surface area contributed by atoms with E-state index in [1.54, 1.807) is 0 Å². The van der Waals surface area contributed by atoms with E-state index in [0.29, 0.717) is 17.3 Å². The van der Waals surface area contributed by atoms with Crippen molar-refractivity contribution < 1.29 is 9.90 Å². The van der Waals surface area contributed by atoms with Gasteiger partial charge in [-0.15, -0.1) is 0 Å². The molecule has 9 nitrogen and oxygen atoms in total. The van der Waals surface area contributed by atoms with E-state index in [1.165, 1.54) is 54.6 Å². The Bertz CT molecular complexity index is 1530. The van der Waals surface area contributed by atoms with Gasteiger partial charge in [-0.25, -0.2) is 4.98 Å². The Labute approximate surface area is 280 Å². The molecule has 0 bridgehead atoms. The average Bonchev–Trinajstić information content (AvgIpc) is 3.68. The van der Waals surface area contributed by atoms with Crippen molar-refractivity contribution in [3.8, 4) is 0 Å². The molecule has 1 saturated heterocycles. The summed E-state index contributed by atoms with van der Waals surface area (Å²) in [5, 5.41) is 18.2. The summed E-state index contributed by atoms with van der Waals surface area (Å²) in [6.45, 7) is 5.52. The zero-order chi connectivity index (χ0) is 32.5. The van der Waals surface area contributed by atoms with E-state index in [1.807, 2.05) is 17.9 Å². The van der Waals surface area contributed by atoms with Crippen molar-refractivity contribution in [2.75, 3.05) is 36.9 Å². The molecule has 3 aliphatic carbocycles. The lowest BCUT2D eigenvalue weighted by atomic mass is 9.77. The molecule has 1 spiro atoms. The Hall–Kier alpha value is -3.46. The molecular weight excluding hydrogens is 586 g/mol. The summed E-state index contributed by atoms with van der Waals surface area (Å²) < 4.78 is 1.91. The number of aromatic nitrogens is 4. The lowest BCUT2D eigenvalue weighted by Crippen LogP contribution is -2.41. The molecule has 0 radical (unpaired) electrons. The van der Waals surface area contributed by atoms with Crippen LogP contribution in [0.15, 0.2) is 42.7 Å². The second-order valence-corrected chi connectivity index (χ2v) is 15.2. The van der Waals surface area contributed by atoms with Crippen LogP contribution in [0.2, 0.25) is 0 Å². The van der Waals surface area contributed by atoms with E-state index in [9.17, 15) is 9.90 Å². The number of likely N-dealkylation sites (tertiary alicyclic amines) is 1. The minimum atomic E-state index is -0.646. The van der Waals surface area contributed by atoms with Gasteiger partial charge in [-0.2, -0.15) is 10.1 Å². The molecule has 1 aromatic carbocycles. The first-order valence-electron chi connectivity index (χ1n) is 18.2. The largest absolute Gasteiger partial charge is 0.481 e. The van der Waals surface area contributed by atoms with Crippen molar-refractivity contribution in [2.24, 2.45) is 24.3 Å². The molecule has 1 aliphatic heterocycles. The Morgan fingerprint density at radius 1 is 1.11 bits per heavy atom. The molecule has 9 heteroatoms. The van der Waals surface area contributed by atoms with E-state index in [4.69, 9.17) is 9.97 Å². The van der Waals surface area contributed by atoms with Crippen molar-refractivity contribution in [3.05, 3.63) is 65.1 Å². The van der Waals surface area contributed by atoms with Crippen LogP contribution in [0.5, 0.6) is 0 Å². The summed E-state index contributed by atoms with van der Waals surface area (Å²) >= 11 is 0. The molecular formula is C38H53N7O2. The summed E-state index contributed by atoms with van der Waals surface area (Å²) in [6, 6.07) is 11.3. The number of aryl methyl sites for hydroxylation is 2. The minimum Gasteiger partial charge on any atom is -0.481 e. The highest BCUT2D eigenvalue weighted by molar-refractivity contribution is 5.70. The Kier molecular flexibility index (Phi) is 9.27. The number of benzene rings is 1. The molecule has 0 amide bonds. The fourth-order valence-electron chi connectivity index (χ4n) is 9.04. The Balaban J connectivity index is 1.20. The lowest BCUT2D eigenvalue weighted by molar-refractivity contribution is -0.143. The molecule has 2 aromatic heterocycles. The summed E-state index contributed by atoms with van der Waals surface area (Å²) in [7, 11) is 4.15. The van der Waals surface area contributed by atoms with Gasteiger partial charge >= 0.3 is 5.97 Å². The molecule has 2 saturated carbocycles. The third kappa shape index (κ3) is 7.06. The van der Waals surface area contributed by atoms with E-state index in [-0.39, 0.29) is 18.0 Å². The zero-order valence-electron chi connectivity index (χ0n) is 28.6. The number of piperidine rings is 1. The van der Waals surface area contributed by atoms with Crippen molar-refractivity contribution >= 4 is 17.7 Å². The van der Waals surface area contributed by atoms with Gasteiger partial charge in [-0.1, -0.05) is 37.3 Å². The monoisotopic (exact) mass is 639 g/mol. The van der Waals surface area contributed by atoms with E-state index in [0.717, 1.165) is 76.2 Å². The second-order valence-electron chi connectivity index (χ2n) is 15.2. The van der Waals surface area contributed by atoms with Crippen LogP contribution in [-0.2, 0) is 24.7 Å². The van der Waals surface area contributed by atoms with Crippen LogP contribution < -0.4 is 10.2 Å². The van der Waals surface area contributed by atoms with Crippen molar-refractivity contribution in [1.29, 1.82) is 0 Å². The predicted molar refractivity (Wildman–Crippen MR) is 186 cm³/mol. The smallest absolute Gasteiger partial charge is 0.306 e. The fraction of sp³-hybridized carbons (Fsp3) is 0.632. The quantitative estimate of drug-likeness (QED) is 0.242. The van der Waals surface area contributed by atoms with Crippen LogP contribution >= 0.6 is 0 Å². The number of carboxylic acid groups (broad SMARTS) is 1. The molecule has 3 aromatic rings. The van der Waals surface area contributed by atoms with Crippen LogP contribution in [0, 0.1) is 17.3 Å². The Morgan fingerprint density at radius 2 is 1.89 bits per heavy atom. The maximum atomic E-state index is 11.7. The third-order valence-corrected chi connectivity index (χ3v) is 12.0. The summed E-state index contributed by atoms with van der Waals surface area (Å²) in [5.74, 6) is 1.79. The van der Waals surface area contributed by atoms with Crippen molar-refractivity contribution in [3.63, 3.8) is 0 Å². The Morgan fingerprint density at radius 3 is 2.57 bits per heavy atom. The highest BCUT2D eigenvalue weighted by atomic mass is 16.4. The van der Waals surface area contributed by atoms with E-state index in [2.05, 4.69) is 70.7 Å². The molecule has 47 heavy (non-hydrogen) atoms. The SMILES string of the molecule is CC[C@H](C1CCC(C(=O)O)CC1)N(C)c1nc2c(c(N[C@@H](CN3CCCC4(CC4)C3)c3cnn(C)c3)n1)C[C@H](c1ccccc1)CC2. The first-order chi connectivity index (χ1) is 22.8. The van der Waals surface area contributed by atoms with Gasteiger partial charge in [-0.3, -0.25) is 9.48 Å². The number of fused-ring (bicyclic) bond motifs is 1. The van der Waals surface area contributed by atoms with E-state index < -0.39 is 5.97 Å². The van der Waals surface area contributed by atoms with Crippen LogP contribution in [0.3, 0.4) is 0 Å². The van der Waals surface area contributed by atoms with Crippen LogP contribution in [0.1, 0.15) is 105 Å². The number of nitrogens with one attached hydrogen (secondary N) is 1. The van der Waals surface area contributed by atoms with Gasteiger partial charge in [0.1, 0.15) is 5.82 Å². The topological polar surface area (TPSA) is 99.4 Å². The molecule has 7 rings (SSSR count).